The molecule has 4 aromatic rings. The predicted octanol–water partition coefficient (Wildman–Crippen LogP) is 3.23. The van der Waals surface area contributed by atoms with Crippen molar-refractivity contribution >= 4 is 0 Å². The lowest BCUT2D eigenvalue weighted by Crippen LogP contribution is -2.09. The minimum absolute atomic E-state index is 0.0684. The molecule has 34 heavy (non-hydrogen) atoms. The molecule has 1 aromatic carbocycles. The first kappa shape index (κ1) is 21.7. The van der Waals surface area contributed by atoms with Gasteiger partial charge in [-0.2, -0.15) is 0 Å². The third-order valence-electron chi connectivity index (χ3n) is 5.40. The Morgan fingerprint density at radius 2 is 1.94 bits per heavy atom. The molecule has 0 saturated heterocycles. The van der Waals surface area contributed by atoms with Gasteiger partial charge in [0.05, 0.1) is 31.1 Å². The molecule has 0 fully saturated rings. The fourth-order valence-corrected chi connectivity index (χ4v) is 3.85. The van der Waals surface area contributed by atoms with Crippen molar-refractivity contribution in [3.8, 4) is 40.5 Å². The van der Waals surface area contributed by atoms with Gasteiger partial charge in [0.2, 0.25) is 5.88 Å². The molecule has 0 saturated carbocycles. The van der Waals surface area contributed by atoms with Crippen LogP contribution in [0.25, 0.3) is 17.1 Å². The van der Waals surface area contributed by atoms with Crippen LogP contribution < -0.4 is 9.47 Å². The second kappa shape index (κ2) is 9.00. The number of benzene rings is 1. The maximum Gasteiger partial charge on any atom is 0.213 e. The van der Waals surface area contributed by atoms with Crippen LogP contribution in [0, 0.1) is 11.8 Å². The quantitative estimate of drug-likeness (QED) is 0.375. The predicted molar refractivity (Wildman–Crippen MR) is 125 cm³/mol. The Kier molecular flexibility index (Phi) is 5.74. The summed E-state index contributed by atoms with van der Waals surface area (Å²) in [4.78, 5) is 8.94. The number of imidazole rings is 1. The number of nitrogens with zero attached hydrogens (tertiary/aromatic N) is 6. The smallest absolute Gasteiger partial charge is 0.213 e. The van der Waals surface area contributed by atoms with Crippen molar-refractivity contribution in [3.05, 3.63) is 65.6 Å². The van der Waals surface area contributed by atoms with Crippen molar-refractivity contribution in [2.75, 3.05) is 14.2 Å². The zero-order valence-corrected chi connectivity index (χ0v) is 19.4. The van der Waals surface area contributed by atoms with E-state index in [9.17, 15) is 0 Å². The maximum absolute atomic E-state index is 5.61. The monoisotopic (exact) mass is 456 g/mol. The number of hydrogen-bond donors (Lipinski definition) is 0. The van der Waals surface area contributed by atoms with E-state index in [4.69, 9.17) is 14.2 Å². The van der Waals surface area contributed by atoms with Gasteiger partial charge in [-0.25, -0.2) is 9.97 Å². The van der Waals surface area contributed by atoms with Crippen molar-refractivity contribution in [1.82, 2.24) is 29.3 Å². The van der Waals surface area contributed by atoms with Crippen LogP contribution >= 0.6 is 0 Å². The van der Waals surface area contributed by atoms with Gasteiger partial charge in [-0.3, -0.25) is 4.57 Å². The molecule has 0 radical (unpaired) electrons. The van der Waals surface area contributed by atoms with Crippen molar-refractivity contribution in [3.63, 3.8) is 0 Å². The summed E-state index contributed by atoms with van der Waals surface area (Å²) in [5, 5.41) is 8.81. The van der Waals surface area contributed by atoms with Gasteiger partial charge in [0, 0.05) is 30.5 Å². The number of fused-ring (bicyclic) bond motifs is 5. The molecule has 1 aliphatic heterocycles. The van der Waals surface area contributed by atoms with Crippen LogP contribution in [-0.2, 0) is 17.9 Å². The summed E-state index contributed by atoms with van der Waals surface area (Å²) in [6.07, 6.45) is 3.56. The summed E-state index contributed by atoms with van der Waals surface area (Å²) in [6.45, 7) is 4.78. The van der Waals surface area contributed by atoms with Gasteiger partial charge in [-0.15, -0.1) is 10.2 Å². The van der Waals surface area contributed by atoms with E-state index >= 15 is 0 Å². The largest absolute Gasteiger partial charge is 0.497 e. The SMILES string of the molecule is COCc1nnc2n1Cc1c(C#Cc3ccc(OC(C)C)nc3)ncn1-c1ccc(OC)cc1-2. The number of hydrogen-bond acceptors (Lipinski definition) is 7. The van der Waals surface area contributed by atoms with Gasteiger partial charge in [-0.05, 0) is 44.0 Å². The molecule has 0 unspecified atom stereocenters. The third-order valence-corrected chi connectivity index (χ3v) is 5.40. The summed E-state index contributed by atoms with van der Waals surface area (Å²) in [5.74, 6) is 9.17. The fourth-order valence-electron chi connectivity index (χ4n) is 3.85. The van der Waals surface area contributed by atoms with Gasteiger partial charge in [0.15, 0.2) is 11.6 Å². The molecular weight excluding hydrogens is 432 g/mol. The molecule has 0 spiro atoms. The van der Waals surface area contributed by atoms with E-state index in [-0.39, 0.29) is 6.10 Å². The number of pyridine rings is 1. The molecule has 1 aliphatic rings. The van der Waals surface area contributed by atoms with Crippen LogP contribution in [0.3, 0.4) is 0 Å². The van der Waals surface area contributed by atoms with Crippen molar-refractivity contribution < 1.29 is 14.2 Å². The molecule has 0 amide bonds. The second-order valence-corrected chi connectivity index (χ2v) is 8.05. The van der Waals surface area contributed by atoms with E-state index in [0.29, 0.717) is 24.7 Å². The normalized spacial score (nSPS) is 11.7. The highest BCUT2D eigenvalue weighted by Crippen LogP contribution is 2.34. The molecule has 9 heteroatoms. The van der Waals surface area contributed by atoms with E-state index in [0.717, 1.165) is 39.9 Å². The number of rotatable bonds is 5. The van der Waals surface area contributed by atoms with Gasteiger partial charge < -0.3 is 18.8 Å². The van der Waals surface area contributed by atoms with Crippen LogP contribution in [0.5, 0.6) is 11.6 Å². The van der Waals surface area contributed by atoms with Crippen molar-refractivity contribution in [1.29, 1.82) is 0 Å². The first-order valence-electron chi connectivity index (χ1n) is 10.9. The molecule has 3 aromatic heterocycles. The molecule has 0 bridgehead atoms. The fraction of sp³-hybridized carbons (Fsp3) is 0.280. The van der Waals surface area contributed by atoms with Crippen LogP contribution in [0.2, 0.25) is 0 Å². The standard InChI is InChI=1S/C25H24N6O3/c1-16(2)34-24-10-6-17(12-26-24)5-8-20-22-13-30-23(14-32-3)28-29-25(30)19-11-18(33-4)7-9-21(19)31(22)15-27-20/h6-7,9-12,15-16H,13-14H2,1-4H3. The Morgan fingerprint density at radius 1 is 1.06 bits per heavy atom. The molecular formula is C25H24N6O3. The number of aromatic nitrogens is 6. The lowest BCUT2D eigenvalue weighted by Gasteiger charge is -2.09. The van der Waals surface area contributed by atoms with E-state index < -0.39 is 0 Å². The van der Waals surface area contributed by atoms with Crippen LogP contribution in [0.4, 0.5) is 0 Å². The van der Waals surface area contributed by atoms with Gasteiger partial charge in [0.25, 0.3) is 0 Å². The first-order chi connectivity index (χ1) is 16.6. The van der Waals surface area contributed by atoms with Crippen molar-refractivity contribution in [2.24, 2.45) is 0 Å². The minimum atomic E-state index is 0.0684. The highest BCUT2D eigenvalue weighted by atomic mass is 16.5. The number of ether oxygens (including phenoxy) is 3. The van der Waals surface area contributed by atoms with Gasteiger partial charge >= 0.3 is 0 Å². The summed E-state index contributed by atoms with van der Waals surface area (Å²) < 4.78 is 20.5. The molecule has 0 N–H and O–H groups in total. The molecule has 4 heterocycles. The molecule has 9 nitrogen and oxygen atoms in total. The summed E-state index contributed by atoms with van der Waals surface area (Å²) in [7, 11) is 3.29. The Balaban J connectivity index is 1.57. The third kappa shape index (κ3) is 4.00. The lowest BCUT2D eigenvalue weighted by molar-refractivity contribution is 0.174. The second-order valence-electron chi connectivity index (χ2n) is 8.05. The number of methoxy groups -OCH3 is 2. The zero-order chi connectivity index (χ0) is 23.7. The average molecular weight is 457 g/mol. The van der Waals surface area contributed by atoms with E-state index in [1.54, 1.807) is 26.7 Å². The van der Waals surface area contributed by atoms with E-state index in [1.165, 1.54) is 0 Å². The Bertz CT molecular complexity index is 1390. The Labute approximate surface area is 197 Å². The zero-order valence-electron chi connectivity index (χ0n) is 19.4. The summed E-state index contributed by atoms with van der Waals surface area (Å²) in [5.41, 5.74) is 4.22. The molecule has 5 rings (SSSR count). The molecule has 0 aliphatic carbocycles. The summed E-state index contributed by atoms with van der Waals surface area (Å²) in [6, 6.07) is 9.58. The molecule has 172 valence electrons. The maximum atomic E-state index is 5.61. The Morgan fingerprint density at radius 3 is 2.68 bits per heavy atom. The van der Waals surface area contributed by atoms with Crippen LogP contribution in [0.15, 0.2) is 42.9 Å². The average Bonchev–Trinajstić information content (AvgIpc) is 3.39. The van der Waals surface area contributed by atoms with Crippen LogP contribution in [-0.4, -0.2) is 49.6 Å². The lowest BCUT2D eigenvalue weighted by atomic mass is 10.1. The molecule has 0 atom stereocenters. The van der Waals surface area contributed by atoms with Crippen LogP contribution in [0.1, 0.15) is 36.6 Å². The minimum Gasteiger partial charge on any atom is -0.497 e. The highest BCUT2D eigenvalue weighted by molar-refractivity contribution is 5.71. The Hall–Kier alpha value is -4.16. The van der Waals surface area contributed by atoms with E-state index in [2.05, 4.69) is 32.0 Å². The van der Waals surface area contributed by atoms with Crippen molar-refractivity contribution in [2.45, 2.75) is 33.1 Å². The topological polar surface area (TPSA) is 89.1 Å². The van der Waals surface area contributed by atoms with Gasteiger partial charge in [0.1, 0.15) is 24.4 Å². The van der Waals surface area contributed by atoms with Gasteiger partial charge in [-0.1, -0.05) is 5.92 Å². The first-order valence-corrected chi connectivity index (χ1v) is 10.9. The summed E-state index contributed by atoms with van der Waals surface area (Å²) >= 11 is 0. The van der Waals surface area contributed by atoms with E-state index in [1.807, 2.05) is 53.3 Å². The highest BCUT2D eigenvalue weighted by Gasteiger charge is 2.26.